The van der Waals surface area contributed by atoms with E-state index in [2.05, 4.69) is 24.5 Å². The molecule has 2 rings (SSSR count). The first kappa shape index (κ1) is 14.2. The molecule has 2 aromatic rings. The van der Waals surface area contributed by atoms with Crippen LogP contribution in [0.15, 0.2) is 18.2 Å². The second-order valence-corrected chi connectivity index (χ2v) is 5.34. The smallest absolute Gasteiger partial charge is 0.170 e. The summed E-state index contributed by atoms with van der Waals surface area (Å²) in [6.45, 7) is 2.11. The van der Waals surface area contributed by atoms with Crippen LogP contribution in [0.3, 0.4) is 0 Å². The van der Waals surface area contributed by atoms with Gasteiger partial charge in [-0.15, -0.1) is 11.3 Å². The summed E-state index contributed by atoms with van der Waals surface area (Å²) in [6.07, 6.45) is 0.915. The molecule has 3 nitrogen and oxygen atoms in total. The molecule has 0 amide bonds. The lowest BCUT2D eigenvalue weighted by molar-refractivity contribution is 0.356. The molecular formula is C14H17NO2S2. The van der Waals surface area contributed by atoms with Gasteiger partial charge in [0.05, 0.1) is 25.5 Å². The lowest BCUT2D eigenvalue weighted by Crippen LogP contribution is -1.93. The van der Waals surface area contributed by atoms with Crippen LogP contribution in [0, 0.1) is 0 Å². The van der Waals surface area contributed by atoms with Crippen molar-refractivity contribution in [2.24, 2.45) is 0 Å². The van der Waals surface area contributed by atoms with Crippen molar-refractivity contribution in [3.63, 3.8) is 0 Å². The first-order chi connectivity index (χ1) is 9.24. The Morgan fingerprint density at radius 2 is 2.05 bits per heavy atom. The van der Waals surface area contributed by atoms with E-state index in [0.29, 0.717) is 5.75 Å². The molecule has 0 atom stereocenters. The van der Waals surface area contributed by atoms with E-state index in [1.54, 1.807) is 25.6 Å². The van der Waals surface area contributed by atoms with Crippen LogP contribution in [0.1, 0.15) is 17.5 Å². The molecule has 0 N–H and O–H groups in total. The van der Waals surface area contributed by atoms with Crippen LogP contribution in [0.5, 0.6) is 11.5 Å². The fraction of sp³-hybridized carbons (Fsp3) is 0.357. The maximum absolute atomic E-state index is 5.46. The number of nitrogens with zero attached hydrogens (tertiary/aromatic N) is 1. The van der Waals surface area contributed by atoms with E-state index < -0.39 is 0 Å². The minimum Gasteiger partial charge on any atom is -0.493 e. The molecule has 0 fully saturated rings. The van der Waals surface area contributed by atoms with Crippen molar-refractivity contribution in [2.45, 2.75) is 19.1 Å². The van der Waals surface area contributed by atoms with Crippen molar-refractivity contribution in [1.82, 2.24) is 4.98 Å². The van der Waals surface area contributed by atoms with E-state index in [4.69, 9.17) is 9.47 Å². The van der Waals surface area contributed by atoms with Gasteiger partial charge < -0.3 is 9.47 Å². The summed E-state index contributed by atoms with van der Waals surface area (Å²) in [5, 5.41) is 0.955. The van der Waals surface area contributed by atoms with Crippen LogP contribution in [-0.2, 0) is 12.2 Å². The average Bonchev–Trinajstić information content (AvgIpc) is 2.89. The molecule has 5 heteroatoms. The van der Waals surface area contributed by atoms with Crippen LogP contribution < -0.4 is 9.47 Å². The number of methoxy groups -OCH3 is 2. The molecule has 0 aliphatic heterocycles. The zero-order valence-corrected chi connectivity index (χ0v) is 13.0. The van der Waals surface area contributed by atoms with E-state index in [-0.39, 0.29) is 0 Å². The van der Waals surface area contributed by atoms with Crippen molar-refractivity contribution in [3.05, 3.63) is 28.8 Å². The van der Waals surface area contributed by atoms with E-state index in [1.165, 1.54) is 4.88 Å². The number of hydrogen-bond acceptors (Lipinski definition) is 5. The van der Waals surface area contributed by atoms with Crippen LogP contribution >= 0.6 is 24.0 Å². The Bertz CT molecular complexity index is 545. The van der Waals surface area contributed by atoms with Gasteiger partial charge in [0, 0.05) is 10.6 Å². The molecule has 0 unspecified atom stereocenters. The Morgan fingerprint density at radius 1 is 1.26 bits per heavy atom. The van der Waals surface area contributed by atoms with Gasteiger partial charge in [0.1, 0.15) is 5.01 Å². The Hall–Kier alpha value is -1.20. The van der Waals surface area contributed by atoms with Crippen molar-refractivity contribution in [2.75, 3.05) is 14.2 Å². The van der Waals surface area contributed by atoms with Gasteiger partial charge in [0.25, 0.3) is 0 Å². The second-order valence-electron chi connectivity index (χ2n) is 3.94. The summed E-state index contributed by atoms with van der Waals surface area (Å²) in [5.41, 5.74) is 2.08. The normalized spacial score (nSPS) is 10.5. The zero-order chi connectivity index (χ0) is 13.8. The number of hydrogen-bond donors (Lipinski definition) is 1. The number of aromatic nitrogens is 1. The molecule has 102 valence electrons. The predicted octanol–water partition coefficient (Wildman–Crippen LogP) is 3.82. The Morgan fingerprint density at radius 3 is 2.58 bits per heavy atom. The number of rotatable bonds is 5. The average molecular weight is 295 g/mol. The molecule has 1 aromatic heterocycles. The Labute approximate surface area is 123 Å². The molecule has 0 aliphatic rings. The third kappa shape index (κ3) is 2.72. The van der Waals surface area contributed by atoms with Gasteiger partial charge in [-0.05, 0) is 18.6 Å². The number of thiazole rings is 1. The van der Waals surface area contributed by atoms with Gasteiger partial charge in [0.2, 0.25) is 0 Å². The number of thiol groups is 1. The summed E-state index contributed by atoms with van der Waals surface area (Å²) in [6, 6.07) is 5.84. The third-order valence-electron chi connectivity index (χ3n) is 2.89. The van der Waals surface area contributed by atoms with Gasteiger partial charge in [-0.1, -0.05) is 13.0 Å². The topological polar surface area (TPSA) is 31.4 Å². The summed E-state index contributed by atoms with van der Waals surface area (Å²) < 4.78 is 10.8. The summed E-state index contributed by atoms with van der Waals surface area (Å²) >= 11 is 6.02. The molecule has 0 saturated carbocycles. The number of aryl methyl sites for hydroxylation is 1. The minimum atomic E-state index is 0.715. The predicted molar refractivity (Wildman–Crippen MR) is 82.7 cm³/mol. The first-order valence-electron chi connectivity index (χ1n) is 6.05. The van der Waals surface area contributed by atoms with Crippen LogP contribution in [0.2, 0.25) is 0 Å². The van der Waals surface area contributed by atoms with Gasteiger partial charge >= 0.3 is 0 Å². The Balaban J connectivity index is 2.55. The van der Waals surface area contributed by atoms with E-state index in [0.717, 1.165) is 34.2 Å². The van der Waals surface area contributed by atoms with Crippen molar-refractivity contribution in [3.8, 4) is 22.1 Å². The first-order valence-corrected chi connectivity index (χ1v) is 7.50. The third-order valence-corrected chi connectivity index (χ3v) is 4.55. The molecule has 1 aromatic carbocycles. The van der Waals surface area contributed by atoms with E-state index in [1.807, 2.05) is 18.2 Å². The monoisotopic (exact) mass is 295 g/mol. The second kappa shape index (κ2) is 6.30. The number of ether oxygens (including phenoxy) is 2. The highest BCUT2D eigenvalue weighted by molar-refractivity contribution is 7.79. The van der Waals surface area contributed by atoms with Crippen LogP contribution in [0.25, 0.3) is 10.6 Å². The van der Waals surface area contributed by atoms with E-state index in [9.17, 15) is 0 Å². The molecule has 0 radical (unpaired) electrons. The maximum Gasteiger partial charge on any atom is 0.170 e. The molecule has 0 saturated heterocycles. The summed E-state index contributed by atoms with van der Waals surface area (Å²) in [4.78, 5) is 5.90. The van der Waals surface area contributed by atoms with Crippen molar-refractivity contribution < 1.29 is 9.47 Å². The largest absolute Gasteiger partial charge is 0.493 e. The van der Waals surface area contributed by atoms with Gasteiger partial charge in [-0.2, -0.15) is 12.6 Å². The maximum atomic E-state index is 5.46. The van der Waals surface area contributed by atoms with Crippen molar-refractivity contribution >= 4 is 24.0 Å². The highest BCUT2D eigenvalue weighted by Crippen LogP contribution is 2.40. The molecule has 19 heavy (non-hydrogen) atoms. The number of benzene rings is 1. The van der Waals surface area contributed by atoms with E-state index >= 15 is 0 Å². The Kier molecular flexibility index (Phi) is 4.71. The standard InChI is InChI=1S/C14H17NO2S2/c1-4-10-12(8-18)19-14(15-10)9-6-5-7-11(16-2)13(9)17-3/h5-7,18H,4,8H2,1-3H3. The molecule has 0 spiro atoms. The minimum absolute atomic E-state index is 0.715. The zero-order valence-electron chi connectivity index (χ0n) is 11.3. The lowest BCUT2D eigenvalue weighted by atomic mass is 10.2. The van der Waals surface area contributed by atoms with Crippen molar-refractivity contribution in [1.29, 1.82) is 0 Å². The van der Waals surface area contributed by atoms with Crippen LogP contribution in [-0.4, -0.2) is 19.2 Å². The highest BCUT2D eigenvalue weighted by atomic mass is 32.1. The molecular weight excluding hydrogens is 278 g/mol. The highest BCUT2D eigenvalue weighted by Gasteiger charge is 2.16. The van der Waals surface area contributed by atoms with Gasteiger partial charge in [-0.25, -0.2) is 4.98 Å². The molecule has 0 aliphatic carbocycles. The molecule has 0 bridgehead atoms. The fourth-order valence-electron chi connectivity index (χ4n) is 1.95. The van der Waals surface area contributed by atoms with Gasteiger partial charge in [-0.3, -0.25) is 0 Å². The summed E-state index contributed by atoms with van der Waals surface area (Å²) in [7, 11) is 3.29. The fourth-order valence-corrected chi connectivity index (χ4v) is 3.36. The van der Waals surface area contributed by atoms with Crippen LogP contribution in [0.4, 0.5) is 0 Å². The number of para-hydroxylation sites is 1. The SMILES string of the molecule is CCc1nc(-c2cccc(OC)c2OC)sc1CS. The molecule has 1 heterocycles. The quantitative estimate of drug-likeness (QED) is 0.851. The summed E-state index contributed by atoms with van der Waals surface area (Å²) in [5.74, 6) is 2.17. The lowest BCUT2D eigenvalue weighted by Gasteiger charge is -2.10. The van der Waals surface area contributed by atoms with Gasteiger partial charge in [0.15, 0.2) is 11.5 Å².